The van der Waals surface area contributed by atoms with Gasteiger partial charge in [-0.05, 0) is 31.5 Å². The van der Waals surface area contributed by atoms with Gasteiger partial charge < -0.3 is 10.1 Å². The average Bonchev–Trinajstić information content (AvgIpc) is 2.37. The van der Waals surface area contributed by atoms with E-state index in [1.807, 2.05) is 12.1 Å². The third-order valence-electron chi connectivity index (χ3n) is 2.26. The predicted octanol–water partition coefficient (Wildman–Crippen LogP) is 2.37. The summed E-state index contributed by atoms with van der Waals surface area (Å²) in [6, 6.07) is 3.94. The van der Waals surface area contributed by atoms with Crippen molar-refractivity contribution < 1.29 is 4.74 Å². The summed E-state index contributed by atoms with van der Waals surface area (Å²) >= 11 is 0. The zero-order chi connectivity index (χ0) is 12.3. The molecule has 0 bridgehead atoms. The fraction of sp³-hybridized carbons (Fsp3) is 0.500. The van der Waals surface area contributed by atoms with Gasteiger partial charge in [0.05, 0.1) is 18.5 Å². The minimum atomic E-state index is 0.652. The van der Waals surface area contributed by atoms with Crippen molar-refractivity contribution >= 4 is 0 Å². The number of nitrogens with zero attached hydrogens (tertiary/aromatic N) is 1. The Morgan fingerprint density at radius 3 is 3.00 bits per heavy atom. The number of nitrogens with one attached hydrogen (secondary N) is 1. The molecule has 0 aromatic carbocycles. The highest BCUT2D eigenvalue weighted by atomic mass is 16.5. The maximum absolute atomic E-state index is 5.51. The first-order chi connectivity index (χ1) is 8.36. The van der Waals surface area contributed by atoms with Gasteiger partial charge in [-0.15, -0.1) is 12.3 Å². The summed E-state index contributed by atoms with van der Waals surface area (Å²) in [5, 5.41) is 3.31. The Morgan fingerprint density at radius 2 is 2.35 bits per heavy atom. The van der Waals surface area contributed by atoms with Crippen molar-refractivity contribution in [1.29, 1.82) is 0 Å². The van der Waals surface area contributed by atoms with Crippen molar-refractivity contribution in [3.63, 3.8) is 0 Å². The predicted molar refractivity (Wildman–Crippen MR) is 69.8 cm³/mol. The van der Waals surface area contributed by atoms with Crippen LogP contribution in [-0.2, 0) is 6.54 Å². The number of unbranched alkanes of at least 4 members (excludes halogenated alkanes) is 1. The summed E-state index contributed by atoms with van der Waals surface area (Å²) in [4.78, 5) is 4.32. The standard InChI is InChI=1S/C14H20N2O/c1-3-5-6-10-17-14-8-7-13(16-12-14)11-15-9-4-2/h1,7-8,12,15H,4-6,9-11H2,2H3. The summed E-state index contributed by atoms with van der Waals surface area (Å²) in [7, 11) is 0. The molecule has 3 nitrogen and oxygen atoms in total. The molecule has 1 heterocycles. The van der Waals surface area contributed by atoms with E-state index in [0.29, 0.717) is 6.61 Å². The first-order valence-electron chi connectivity index (χ1n) is 6.08. The Morgan fingerprint density at radius 1 is 1.47 bits per heavy atom. The van der Waals surface area contributed by atoms with E-state index in [0.717, 1.165) is 43.8 Å². The van der Waals surface area contributed by atoms with Crippen LogP contribution in [-0.4, -0.2) is 18.1 Å². The Hall–Kier alpha value is -1.53. The number of hydrogen-bond acceptors (Lipinski definition) is 3. The molecule has 0 atom stereocenters. The van der Waals surface area contributed by atoms with Crippen LogP contribution in [0.1, 0.15) is 31.9 Å². The summed E-state index contributed by atoms with van der Waals surface area (Å²) in [6.07, 6.45) is 9.70. The number of aromatic nitrogens is 1. The van der Waals surface area contributed by atoms with Crippen molar-refractivity contribution in [2.75, 3.05) is 13.2 Å². The van der Waals surface area contributed by atoms with Gasteiger partial charge >= 0.3 is 0 Å². The molecule has 1 N–H and O–H groups in total. The van der Waals surface area contributed by atoms with Crippen molar-refractivity contribution in [2.45, 2.75) is 32.7 Å². The van der Waals surface area contributed by atoms with Gasteiger partial charge in [0.25, 0.3) is 0 Å². The second-order valence-electron chi connectivity index (χ2n) is 3.82. The normalized spacial score (nSPS) is 9.88. The Labute approximate surface area is 104 Å². The van der Waals surface area contributed by atoms with Crippen LogP contribution in [0.15, 0.2) is 18.3 Å². The zero-order valence-corrected chi connectivity index (χ0v) is 10.4. The highest BCUT2D eigenvalue weighted by Gasteiger charge is 1.96. The zero-order valence-electron chi connectivity index (χ0n) is 10.4. The van der Waals surface area contributed by atoms with Gasteiger partial charge in [0, 0.05) is 13.0 Å². The molecule has 0 aliphatic rings. The Bertz CT molecular complexity index is 340. The molecule has 1 rings (SSSR count). The maximum Gasteiger partial charge on any atom is 0.137 e. The summed E-state index contributed by atoms with van der Waals surface area (Å²) in [6.45, 7) is 4.63. The molecule has 92 valence electrons. The largest absolute Gasteiger partial charge is 0.492 e. The first-order valence-corrected chi connectivity index (χ1v) is 6.08. The molecule has 17 heavy (non-hydrogen) atoms. The van der Waals surface area contributed by atoms with Crippen LogP contribution in [0.4, 0.5) is 0 Å². The minimum absolute atomic E-state index is 0.652. The summed E-state index contributed by atoms with van der Waals surface area (Å²) in [5.41, 5.74) is 1.04. The molecule has 0 fully saturated rings. The minimum Gasteiger partial charge on any atom is -0.492 e. The van der Waals surface area contributed by atoms with Crippen molar-refractivity contribution in [1.82, 2.24) is 10.3 Å². The van der Waals surface area contributed by atoms with E-state index in [4.69, 9.17) is 11.2 Å². The van der Waals surface area contributed by atoms with E-state index in [2.05, 4.69) is 23.1 Å². The molecule has 0 saturated carbocycles. The van der Waals surface area contributed by atoms with Gasteiger partial charge in [-0.25, -0.2) is 0 Å². The maximum atomic E-state index is 5.51. The number of hydrogen-bond donors (Lipinski definition) is 1. The van der Waals surface area contributed by atoms with E-state index in [-0.39, 0.29) is 0 Å². The monoisotopic (exact) mass is 232 g/mol. The van der Waals surface area contributed by atoms with Crippen LogP contribution in [0.3, 0.4) is 0 Å². The molecule has 1 aromatic rings. The van der Waals surface area contributed by atoms with Crippen LogP contribution >= 0.6 is 0 Å². The molecule has 0 aliphatic heterocycles. The second kappa shape index (κ2) is 8.60. The van der Waals surface area contributed by atoms with Crippen LogP contribution in [0.25, 0.3) is 0 Å². The lowest BCUT2D eigenvalue weighted by atomic mass is 10.3. The smallest absolute Gasteiger partial charge is 0.137 e. The van der Waals surface area contributed by atoms with Gasteiger partial charge in [-0.1, -0.05) is 6.92 Å². The van der Waals surface area contributed by atoms with E-state index >= 15 is 0 Å². The quantitative estimate of drug-likeness (QED) is 0.552. The molecule has 3 heteroatoms. The molecular formula is C14H20N2O. The first kappa shape index (κ1) is 13.5. The SMILES string of the molecule is C#CCCCOc1ccc(CNCCC)nc1. The third-order valence-corrected chi connectivity index (χ3v) is 2.26. The Balaban J connectivity index is 2.27. The number of ether oxygens (including phenoxy) is 1. The van der Waals surface area contributed by atoms with Gasteiger partial charge in [0.15, 0.2) is 0 Å². The van der Waals surface area contributed by atoms with Gasteiger partial charge in [0.1, 0.15) is 5.75 Å². The molecule has 0 aliphatic carbocycles. The van der Waals surface area contributed by atoms with E-state index < -0.39 is 0 Å². The van der Waals surface area contributed by atoms with Crippen molar-refractivity contribution in [2.24, 2.45) is 0 Å². The van der Waals surface area contributed by atoms with E-state index in [9.17, 15) is 0 Å². The molecule has 0 radical (unpaired) electrons. The summed E-state index contributed by atoms with van der Waals surface area (Å²) in [5.74, 6) is 3.39. The van der Waals surface area contributed by atoms with Crippen LogP contribution < -0.4 is 10.1 Å². The summed E-state index contributed by atoms with van der Waals surface area (Å²) < 4.78 is 5.51. The number of rotatable bonds is 8. The molecule has 0 unspecified atom stereocenters. The van der Waals surface area contributed by atoms with Gasteiger partial charge in [0.2, 0.25) is 0 Å². The number of terminal acetylenes is 1. The molecular weight excluding hydrogens is 212 g/mol. The topological polar surface area (TPSA) is 34.1 Å². The molecule has 0 spiro atoms. The van der Waals surface area contributed by atoms with E-state index in [1.54, 1.807) is 6.20 Å². The lowest BCUT2D eigenvalue weighted by molar-refractivity contribution is 0.311. The highest BCUT2D eigenvalue weighted by molar-refractivity contribution is 5.19. The molecule has 1 aromatic heterocycles. The van der Waals surface area contributed by atoms with Gasteiger partial charge in [-0.3, -0.25) is 4.98 Å². The third kappa shape index (κ3) is 5.94. The lowest BCUT2D eigenvalue weighted by Gasteiger charge is -2.06. The Kier molecular flexibility index (Phi) is 6.85. The van der Waals surface area contributed by atoms with Crippen LogP contribution in [0.2, 0.25) is 0 Å². The molecule has 0 saturated heterocycles. The van der Waals surface area contributed by atoms with Crippen LogP contribution in [0.5, 0.6) is 5.75 Å². The fourth-order valence-corrected chi connectivity index (χ4v) is 1.36. The fourth-order valence-electron chi connectivity index (χ4n) is 1.36. The second-order valence-corrected chi connectivity index (χ2v) is 3.82. The van der Waals surface area contributed by atoms with Crippen molar-refractivity contribution in [3.8, 4) is 18.1 Å². The van der Waals surface area contributed by atoms with E-state index in [1.165, 1.54) is 0 Å². The van der Waals surface area contributed by atoms with Crippen LogP contribution in [0, 0.1) is 12.3 Å². The van der Waals surface area contributed by atoms with Crippen molar-refractivity contribution in [3.05, 3.63) is 24.0 Å². The number of pyridine rings is 1. The lowest BCUT2D eigenvalue weighted by Crippen LogP contribution is -2.14. The molecule has 0 amide bonds. The van der Waals surface area contributed by atoms with Gasteiger partial charge in [-0.2, -0.15) is 0 Å². The average molecular weight is 232 g/mol. The highest BCUT2D eigenvalue weighted by Crippen LogP contribution is 2.09.